The quantitative estimate of drug-likeness (QED) is 0.801. The Kier molecular flexibility index (Phi) is 5.54. The fourth-order valence-corrected chi connectivity index (χ4v) is 3.59. The molecule has 4 nitrogen and oxygen atoms in total. The first-order valence-corrected chi connectivity index (χ1v) is 8.45. The number of carbonyl (C=O) groups excluding carboxylic acids is 1. The molecule has 1 amide bonds. The van der Waals surface area contributed by atoms with Crippen LogP contribution in [-0.2, 0) is 10.8 Å². The van der Waals surface area contributed by atoms with Crippen LogP contribution in [0.1, 0.15) is 34.3 Å². The van der Waals surface area contributed by atoms with Crippen molar-refractivity contribution < 1.29 is 14.1 Å². The van der Waals surface area contributed by atoms with Crippen molar-refractivity contribution in [2.24, 2.45) is 0 Å². The van der Waals surface area contributed by atoms with Crippen LogP contribution in [0.3, 0.4) is 0 Å². The summed E-state index contributed by atoms with van der Waals surface area (Å²) in [5.41, 5.74) is 2.33. The molecular formula is C16H19NO3S. The lowest BCUT2D eigenvalue weighted by atomic mass is 10.0. The molecule has 0 atom stereocenters. The predicted octanol–water partition coefficient (Wildman–Crippen LogP) is 0.980. The molecule has 0 aromatic heterocycles. The van der Waals surface area contributed by atoms with Crippen molar-refractivity contribution >= 4 is 16.7 Å². The molecule has 0 saturated carbocycles. The maximum atomic E-state index is 12.2. The average molecular weight is 305 g/mol. The molecule has 21 heavy (non-hydrogen) atoms. The molecule has 2 rings (SSSR count). The maximum absolute atomic E-state index is 12.2. The first-order valence-electron chi connectivity index (χ1n) is 6.96. The third kappa shape index (κ3) is 4.42. The zero-order valence-electron chi connectivity index (χ0n) is 12.0. The van der Waals surface area contributed by atoms with Crippen molar-refractivity contribution in [3.63, 3.8) is 0 Å². The molecule has 112 valence electrons. The molecule has 1 fully saturated rings. The fourth-order valence-electron chi connectivity index (χ4n) is 2.29. The lowest BCUT2D eigenvalue weighted by Gasteiger charge is -2.22. The predicted molar refractivity (Wildman–Crippen MR) is 83.5 cm³/mol. The normalized spacial score (nSPS) is 21.2. The van der Waals surface area contributed by atoms with E-state index in [1.165, 1.54) is 0 Å². The van der Waals surface area contributed by atoms with Gasteiger partial charge < -0.3 is 10.4 Å². The first kappa shape index (κ1) is 15.7. The molecule has 5 heteroatoms. The Labute approximate surface area is 127 Å². The molecule has 1 saturated heterocycles. The first-order chi connectivity index (χ1) is 10.1. The molecule has 0 spiro atoms. The van der Waals surface area contributed by atoms with Gasteiger partial charge in [0.15, 0.2) is 0 Å². The van der Waals surface area contributed by atoms with Crippen molar-refractivity contribution in [3.8, 4) is 11.8 Å². The minimum Gasteiger partial charge on any atom is -0.384 e. The van der Waals surface area contributed by atoms with E-state index < -0.39 is 10.8 Å². The molecule has 1 aliphatic rings. The zero-order valence-corrected chi connectivity index (χ0v) is 12.8. The minimum absolute atomic E-state index is 0.0996. The van der Waals surface area contributed by atoms with Gasteiger partial charge in [0.25, 0.3) is 5.91 Å². The fraction of sp³-hybridized carbons (Fsp3) is 0.438. The van der Waals surface area contributed by atoms with Crippen molar-refractivity contribution in [1.82, 2.24) is 5.32 Å². The van der Waals surface area contributed by atoms with Crippen LogP contribution in [0.2, 0.25) is 0 Å². The van der Waals surface area contributed by atoms with Crippen molar-refractivity contribution in [3.05, 3.63) is 34.9 Å². The highest BCUT2D eigenvalue weighted by Gasteiger charge is 2.20. The van der Waals surface area contributed by atoms with E-state index in [1.54, 1.807) is 18.2 Å². The van der Waals surface area contributed by atoms with E-state index in [1.807, 2.05) is 6.92 Å². The van der Waals surface area contributed by atoms with E-state index in [9.17, 15) is 9.00 Å². The van der Waals surface area contributed by atoms with E-state index >= 15 is 0 Å². The van der Waals surface area contributed by atoms with Gasteiger partial charge >= 0.3 is 0 Å². The molecule has 0 bridgehead atoms. The Morgan fingerprint density at radius 1 is 1.43 bits per heavy atom. The van der Waals surface area contributed by atoms with Crippen LogP contribution in [0, 0.1) is 18.8 Å². The van der Waals surface area contributed by atoms with E-state index in [0.29, 0.717) is 17.1 Å². The summed E-state index contributed by atoms with van der Waals surface area (Å²) in [6, 6.07) is 5.45. The van der Waals surface area contributed by atoms with Crippen LogP contribution in [0.25, 0.3) is 0 Å². The molecular weight excluding hydrogens is 286 g/mol. The van der Waals surface area contributed by atoms with Crippen LogP contribution in [0.15, 0.2) is 18.2 Å². The van der Waals surface area contributed by atoms with Gasteiger partial charge in [0, 0.05) is 39.5 Å². The summed E-state index contributed by atoms with van der Waals surface area (Å²) in [5.74, 6) is 6.68. The monoisotopic (exact) mass is 305 g/mol. The van der Waals surface area contributed by atoms with Gasteiger partial charge in [-0.2, -0.15) is 0 Å². The van der Waals surface area contributed by atoms with Gasteiger partial charge in [0.1, 0.15) is 6.61 Å². The highest BCUT2D eigenvalue weighted by Crippen LogP contribution is 2.13. The summed E-state index contributed by atoms with van der Waals surface area (Å²) in [4.78, 5) is 12.2. The van der Waals surface area contributed by atoms with Crippen molar-refractivity contribution in [1.29, 1.82) is 0 Å². The average Bonchev–Trinajstić information content (AvgIpc) is 2.48. The molecule has 1 heterocycles. The summed E-state index contributed by atoms with van der Waals surface area (Å²) in [6.45, 7) is 1.71. The molecule has 1 aromatic rings. The standard InChI is InChI=1S/C16H19NO3S/c1-12-11-14(5-4-13(12)3-2-8-18)16(19)17-15-6-9-21(20)10-7-15/h4-5,11,15,18H,6-10H2,1H3,(H,17,19). The van der Waals surface area contributed by atoms with Crippen LogP contribution in [0.4, 0.5) is 0 Å². The number of nitrogens with one attached hydrogen (secondary N) is 1. The molecule has 2 N–H and O–H groups in total. The summed E-state index contributed by atoms with van der Waals surface area (Å²) in [7, 11) is -0.717. The minimum atomic E-state index is -0.717. The van der Waals surface area contributed by atoms with Gasteiger partial charge in [-0.25, -0.2) is 0 Å². The van der Waals surface area contributed by atoms with E-state index in [4.69, 9.17) is 5.11 Å². The Morgan fingerprint density at radius 3 is 2.76 bits per heavy atom. The Balaban J connectivity index is 2.02. The number of carbonyl (C=O) groups is 1. The Hall–Kier alpha value is -1.64. The molecule has 1 aromatic carbocycles. The summed E-state index contributed by atoms with van der Waals surface area (Å²) < 4.78 is 11.3. The van der Waals surface area contributed by atoms with Crippen LogP contribution in [-0.4, -0.2) is 39.4 Å². The van der Waals surface area contributed by atoms with Gasteiger partial charge in [-0.1, -0.05) is 11.8 Å². The lowest BCUT2D eigenvalue weighted by Crippen LogP contribution is -2.39. The number of hydrogen-bond donors (Lipinski definition) is 2. The highest BCUT2D eigenvalue weighted by atomic mass is 32.2. The third-order valence-electron chi connectivity index (χ3n) is 3.51. The summed E-state index contributed by atoms with van der Waals surface area (Å²) >= 11 is 0. The zero-order chi connectivity index (χ0) is 15.2. The van der Waals surface area contributed by atoms with Crippen molar-refractivity contribution in [2.45, 2.75) is 25.8 Å². The van der Waals surface area contributed by atoms with Gasteiger partial charge in [-0.3, -0.25) is 9.00 Å². The Bertz CT molecular complexity index is 606. The number of amides is 1. The largest absolute Gasteiger partial charge is 0.384 e. The Morgan fingerprint density at radius 2 is 2.14 bits per heavy atom. The van der Waals surface area contributed by atoms with Crippen LogP contribution in [0.5, 0.6) is 0 Å². The number of aliphatic hydroxyl groups excluding tert-OH is 1. The van der Waals surface area contributed by atoms with E-state index in [2.05, 4.69) is 17.2 Å². The van der Waals surface area contributed by atoms with Gasteiger partial charge in [0.05, 0.1) is 0 Å². The van der Waals surface area contributed by atoms with Crippen LogP contribution < -0.4 is 5.32 Å². The van der Waals surface area contributed by atoms with E-state index in [0.717, 1.165) is 24.0 Å². The van der Waals surface area contributed by atoms with Gasteiger partial charge in [-0.15, -0.1) is 0 Å². The summed E-state index contributed by atoms with van der Waals surface area (Å²) in [5, 5.41) is 11.7. The van der Waals surface area contributed by atoms with Gasteiger partial charge in [-0.05, 0) is 43.5 Å². The molecule has 0 unspecified atom stereocenters. The second-order valence-electron chi connectivity index (χ2n) is 5.09. The molecule has 0 radical (unpaired) electrons. The number of aryl methyl sites for hydroxylation is 1. The lowest BCUT2D eigenvalue weighted by molar-refractivity contribution is 0.0934. The smallest absolute Gasteiger partial charge is 0.251 e. The topological polar surface area (TPSA) is 66.4 Å². The number of aliphatic hydroxyl groups is 1. The number of benzene rings is 1. The molecule has 0 aliphatic carbocycles. The SMILES string of the molecule is Cc1cc(C(=O)NC2CCS(=O)CC2)ccc1C#CCO. The second kappa shape index (κ2) is 7.39. The van der Waals surface area contributed by atoms with Gasteiger partial charge in [0.2, 0.25) is 0 Å². The number of rotatable bonds is 2. The molecule has 1 aliphatic heterocycles. The van der Waals surface area contributed by atoms with E-state index in [-0.39, 0.29) is 18.6 Å². The summed E-state index contributed by atoms with van der Waals surface area (Å²) in [6.07, 6.45) is 1.55. The highest BCUT2D eigenvalue weighted by molar-refractivity contribution is 7.85. The van der Waals surface area contributed by atoms with Crippen LogP contribution >= 0.6 is 0 Å². The number of hydrogen-bond acceptors (Lipinski definition) is 3. The second-order valence-corrected chi connectivity index (χ2v) is 6.78. The maximum Gasteiger partial charge on any atom is 0.251 e. The van der Waals surface area contributed by atoms with Crippen molar-refractivity contribution in [2.75, 3.05) is 18.1 Å². The third-order valence-corrected chi connectivity index (χ3v) is 4.90.